The van der Waals surface area contributed by atoms with Crippen LogP contribution in [0.2, 0.25) is 0 Å². The lowest BCUT2D eigenvalue weighted by atomic mass is 10.2. The molecule has 0 aliphatic rings. The number of carbonyl (C=O) groups excluding carboxylic acids is 1. The monoisotopic (exact) mass is 240 g/mol. The number of rotatable bonds is 2. The Labute approximate surface area is 105 Å². The summed E-state index contributed by atoms with van der Waals surface area (Å²) in [6.45, 7) is 1.71. The highest BCUT2D eigenvalue weighted by Gasteiger charge is 2.21. The lowest BCUT2D eigenvalue weighted by Crippen LogP contribution is -2.19. The molecule has 5 heteroatoms. The fraction of sp³-hybridized carbons (Fsp3) is 0.154. The maximum Gasteiger partial charge on any atom is 0.255 e. The van der Waals surface area contributed by atoms with E-state index in [2.05, 4.69) is 10.4 Å². The van der Waals surface area contributed by atoms with Crippen LogP contribution in [0.25, 0.3) is 5.69 Å². The van der Waals surface area contributed by atoms with Gasteiger partial charge in [-0.15, -0.1) is 0 Å². The molecule has 0 saturated heterocycles. The first kappa shape index (κ1) is 11.9. The van der Waals surface area contributed by atoms with Crippen LogP contribution in [0.15, 0.2) is 30.3 Å². The molecule has 2 rings (SSSR count). The summed E-state index contributed by atoms with van der Waals surface area (Å²) in [7, 11) is 1.53. The molecular weight excluding hydrogens is 228 g/mol. The van der Waals surface area contributed by atoms with E-state index >= 15 is 0 Å². The van der Waals surface area contributed by atoms with Crippen LogP contribution in [0.5, 0.6) is 0 Å². The third-order valence-electron chi connectivity index (χ3n) is 2.62. The number of hydrogen-bond acceptors (Lipinski definition) is 3. The summed E-state index contributed by atoms with van der Waals surface area (Å²) < 4.78 is 1.49. The van der Waals surface area contributed by atoms with Crippen LogP contribution >= 0.6 is 0 Å². The molecule has 1 heterocycles. The number of nitrogens with zero attached hydrogens (tertiary/aromatic N) is 3. The molecule has 1 aromatic heterocycles. The Balaban J connectivity index is 2.65. The summed E-state index contributed by atoms with van der Waals surface area (Å²) in [6.07, 6.45) is 0. The van der Waals surface area contributed by atoms with Crippen molar-refractivity contribution in [3.05, 3.63) is 47.3 Å². The van der Waals surface area contributed by atoms with Gasteiger partial charge < -0.3 is 5.32 Å². The molecule has 0 bridgehead atoms. The maximum atomic E-state index is 11.7. The minimum Gasteiger partial charge on any atom is -0.355 e. The number of nitrogens with one attached hydrogen (secondary N) is 1. The second-order valence-electron chi connectivity index (χ2n) is 3.75. The molecule has 0 aliphatic heterocycles. The minimum absolute atomic E-state index is 0.248. The van der Waals surface area contributed by atoms with Gasteiger partial charge in [0.2, 0.25) is 0 Å². The standard InChI is InChI=1S/C13H12N4O/c1-9-12(13(18)15-2)11(8-14)17(16-9)10-6-4-3-5-7-10/h3-7H,1-2H3,(H,15,18). The van der Waals surface area contributed by atoms with Gasteiger partial charge in [0, 0.05) is 7.05 Å². The molecule has 90 valence electrons. The van der Waals surface area contributed by atoms with Crippen LogP contribution in [0.4, 0.5) is 0 Å². The Morgan fingerprint density at radius 2 is 2.06 bits per heavy atom. The van der Waals surface area contributed by atoms with E-state index in [0.29, 0.717) is 11.3 Å². The summed E-state index contributed by atoms with van der Waals surface area (Å²) in [5.41, 5.74) is 1.86. The maximum absolute atomic E-state index is 11.7. The minimum atomic E-state index is -0.300. The average Bonchev–Trinajstić information content (AvgIpc) is 2.75. The van der Waals surface area contributed by atoms with Crippen molar-refractivity contribution >= 4 is 5.91 Å². The van der Waals surface area contributed by atoms with Crippen molar-refractivity contribution < 1.29 is 4.79 Å². The molecule has 1 amide bonds. The SMILES string of the molecule is CNC(=O)c1c(C)nn(-c2ccccc2)c1C#N. The van der Waals surface area contributed by atoms with E-state index in [1.807, 2.05) is 36.4 Å². The highest BCUT2D eigenvalue weighted by Crippen LogP contribution is 2.17. The van der Waals surface area contributed by atoms with Gasteiger partial charge in [0.1, 0.15) is 6.07 Å². The fourth-order valence-corrected chi connectivity index (χ4v) is 1.78. The molecule has 1 aromatic carbocycles. The van der Waals surface area contributed by atoms with E-state index in [0.717, 1.165) is 5.69 Å². The lowest BCUT2D eigenvalue weighted by Gasteiger charge is -2.02. The van der Waals surface area contributed by atoms with Gasteiger partial charge in [-0.25, -0.2) is 4.68 Å². The third-order valence-corrected chi connectivity index (χ3v) is 2.62. The lowest BCUT2D eigenvalue weighted by molar-refractivity contribution is 0.0962. The van der Waals surface area contributed by atoms with E-state index in [1.54, 1.807) is 6.92 Å². The van der Waals surface area contributed by atoms with Gasteiger partial charge in [-0.2, -0.15) is 10.4 Å². The zero-order valence-corrected chi connectivity index (χ0v) is 10.1. The van der Waals surface area contributed by atoms with Crippen molar-refractivity contribution in [1.82, 2.24) is 15.1 Å². The topological polar surface area (TPSA) is 70.7 Å². The first-order valence-corrected chi connectivity index (χ1v) is 5.46. The van der Waals surface area contributed by atoms with Gasteiger partial charge >= 0.3 is 0 Å². The second-order valence-corrected chi connectivity index (χ2v) is 3.75. The normalized spacial score (nSPS) is 9.83. The molecule has 0 fully saturated rings. The molecule has 0 saturated carbocycles. The van der Waals surface area contributed by atoms with E-state index in [9.17, 15) is 10.1 Å². The Bertz CT molecular complexity index is 622. The molecule has 18 heavy (non-hydrogen) atoms. The van der Waals surface area contributed by atoms with Gasteiger partial charge in [-0.1, -0.05) is 18.2 Å². The van der Waals surface area contributed by atoms with Gasteiger partial charge in [0.15, 0.2) is 5.69 Å². The summed E-state index contributed by atoms with van der Waals surface area (Å²) in [5, 5.41) is 16.0. The number of amides is 1. The highest BCUT2D eigenvalue weighted by atomic mass is 16.1. The number of benzene rings is 1. The number of carbonyl (C=O) groups is 1. The van der Waals surface area contributed by atoms with E-state index in [4.69, 9.17) is 0 Å². The van der Waals surface area contributed by atoms with Gasteiger partial charge in [0.25, 0.3) is 5.91 Å². The Morgan fingerprint density at radius 3 is 2.61 bits per heavy atom. The highest BCUT2D eigenvalue weighted by molar-refractivity contribution is 5.97. The molecule has 1 N–H and O–H groups in total. The van der Waals surface area contributed by atoms with Crippen molar-refractivity contribution in [3.8, 4) is 11.8 Å². The average molecular weight is 240 g/mol. The molecule has 0 spiro atoms. The van der Waals surface area contributed by atoms with Crippen molar-refractivity contribution in [3.63, 3.8) is 0 Å². The Hall–Kier alpha value is -2.61. The van der Waals surface area contributed by atoms with Crippen molar-refractivity contribution in [1.29, 1.82) is 5.26 Å². The van der Waals surface area contributed by atoms with E-state index in [-0.39, 0.29) is 11.6 Å². The summed E-state index contributed by atoms with van der Waals surface area (Å²) in [4.78, 5) is 11.7. The van der Waals surface area contributed by atoms with Crippen molar-refractivity contribution in [2.24, 2.45) is 0 Å². The number of aromatic nitrogens is 2. The first-order valence-electron chi connectivity index (χ1n) is 5.46. The molecule has 0 atom stereocenters. The van der Waals surface area contributed by atoms with Gasteiger partial charge in [0.05, 0.1) is 16.9 Å². The van der Waals surface area contributed by atoms with Crippen LogP contribution in [0, 0.1) is 18.3 Å². The fourth-order valence-electron chi connectivity index (χ4n) is 1.78. The first-order chi connectivity index (χ1) is 8.69. The molecule has 2 aromatic rings. The summed E-state index contributed by atoms with van der Waals surface area (Å²) in [5.74, 6) is -0.300. The summed E-state index contributed by atoms with van der Waals surface area (Å²) >= 11 is 0. The number of hydrogen-bond donors (Lipinski definition) is 1. The van der Waals surface area contributed by atoms with Crippen LogP contribution in [0.3, 0.4) is 0 Å². The molecule has 0 radical (unpaired) electrons. The Kier molecular flexibility index (Phi) is 3.11. The predicted molar refractivity (Wildman–Crippen MR) is 66.4 cm³/mol. The third kappa shape index (κ3) is 1.84. The van der Waals surface area contributed by atoms with Crippen LogP contribution < -0.4 is 5.32 Å². The smallest absolute Gasteiger partial charge is 0.255 e. The quantitative estimate of drug-likeness (QED) is 0.862. The predicted octanol–water partition coefficient (Wildman–Crippen LogP) is 1.41. The van der Waals surface area contributed by atoms with Gasteiger partial charge in [-0.05, 0) is 19.1 Å². The van der Waals surface area contributed by atoms with Gasteiger partial charge in [-0.3, -0.25) is 4.79 Å². The van der Waals surface area contributed by atoms with Crippen LogP contribution in [-0.4, -0.2) is 22.7 Å². The molecule has 5 nitrogen and oxygen atoms in total. The van der Waals surface area contributed by atoms with E-state index in [1.165, 1.54) is 11.7 Å². The van der Waals surface area contributed by atoms with Crippen molar-refractivity contribution in [2.45, 2.75) is 6.92 Å². The van der Waals surface area contributed by atoms with Crippen molar-refractivity contribution in [2.75, 3.05) is 7.05 Å². The largest absolute Gasteiger partial charge is 0.355 e. The molecule has 0 aliphatic carbocycles. The van der Waals surface area contributed by atoms with Crippen LogP contribution in [-0.2, 0) is 0 Å². The molecule has 0 unspecified atom stereocenters. The zero-order chi connectivity index (χ0) is 13.1. The second kappa shape index (κ2) is 4.72. The molecular formula is C13H12N4O. The van der Waals surface area contributed by atoms with Crippen LogP contribution in [0.1, 0.15) is 21.7 Å². The Morgan fingerprint density at radius 1 is 1.39 bits per heavy atom. The summed E-state index contributed by atoms with van der Waals surface area (Å²) in [6, 6.07) is 11.3. The number of aryl methyl sites for hydroxylation is 1. The number of para-hydroxylation sites is 1. The number of nitriles is 1. The van der Waals surface area contributed by atoms with E-state index < -0.39 is 0 Å². The zero-order valence-electron chi connectivity index (χ0n) is 10.1.